The molecule has 2 aromatic heterocycles. The van der Waals surface area contributed by atoms with Crippen LogP contribution in [0.15, 0.2) is 48.7 Å². The van der Waals surface area contributed by atoms with Gasteiger partial charge in [-0.05, 0) is 63.1 Å². The summed E-state index contributed by atoms with van der Waals surface area (Å²) in [5, 5.41) is 7.47. The fraction of sp³-hybridized carbons (Fsp3) is 0.400. The smallest absolute Gasteiger partial charge is 0.407 e. The van der Waals surface area contributed by atoms with Crippen LogP contribution in [0.25, 0.3) is 16.9 Å². The van der Waals surface area contributed by atoms with Gasteiger partial charge in [-0.3, -0.25) is 0 Å². The van der Waals surface area contributed by atoms with Crippen molar-refractivity contribution >= 4 is 6.09 Å². The van der Waals surface area contributed by atoms with E-state index in [0.717, 1.165) is 22.6 Å². The molecule has 0 saturated carbocycles. The van der Waals surface area contributed by atoms with Crippen LogP contribution in [0.5, 0.6) is 11.6 Å². The monoisotopic (exact) mass is 452 g/mol. The summed E-state index contributed by atoms with van der Waals surface area (Å²) in [6.45, 7) is 10.4. The second kappa shape index (κ2) is 10.4. The van der Waals surface area contributed by atoms with Gasteiger partial charge in [-0.15, -0.1) is 0 Å². The molecule has 0 bridgehead atoms. The third-order valence-corrected chi connectivity index (χ3v) is 4.68. The molecule has 0 atom stereocenters. The summed E-state index contributed by atoms with van der Waals surface area (Å²) in [6, 6.07) is 13.6. The molecule has 1 N–H and O–H groups in total. The largest absolute Gasteiger partial charge is 0.492 e. The number of ether oxygens (including phenoxy) is 3. The van der Waals surface area contributed by atoms with Crippen molar-refractivity contribution < 1.29 is 19.0 Å². The predicted octanol–water partition coefficient (Wildman–Crippen LogP) is 4.97. The molecule has 3 rings (SSSR count). The predicted molar refractivity (Wildman–Crippen MR) is 127 cm³/mol. The first-order chi connectivity index (χ1) is 15.7. The second-order valence-electron chi connectivity index (χ2n) is 8.88. The van der Waals surface area contributed by atoms with Gasteiger partial charge in [0.05, 0.1) is 36.9 Å². The Labute approximate surface area is 194 Å². The number of nitrogens with zero attached hydrogens (tertiary/aromatic N) is 3. The van der Waals surface area contributed by atoms with E-state index in [1.165, 1.54) is 0 Å². The standard InChI is InChI=1S/C25H32N4O4/c1-17(2)21-15-22(29(28-21)19-9-12-23(31-6)27-16-19)18-7-10-20(11-8-18)32-14-13-26-24(30)33-25(3,4)5/h7-12,15-17H,13-14H2,1-6H3,(H,26,30). The molecule has 8 nitrogen and oxygen atoms in total. The number of hydrogen-bond donors (Lipinski definition) is 1. The molecule has 0 aliphatic rings. The number of pyridine rings is 1. The van der Waals surface area contributed by atoms with Crippen LogP contribution in [0.1, 0.15) is 46.2 Å². The lowest BCUT2D eigenvalue weighted by molar-refractivity contribution is 0.0520. The average Bonchev–Trinajstić information content (AvgIpc) is 3.22. The highest BCUT2D eigenvalue weighted by Crippen LogP contribution is 2.28. The van der Waals surface area contributed by atoms with E-state index in [4.69, 9.17) is 19.3 Å². The Kier molecular flexibility index (Phi) is 7.58. The molecule has 2 heterocycles. The van der Waals surface area contributed by atoms with Gasteiger partial charge in [0.25, 0.3) is 0 Å². The Morgan fingerprint density at radius 2 is 1.85 bits per heavy atom. The molecule has 33 heavy (non-hydrogen) atoms. The maximum Gasteiger partial charge on any atom is 0.407 e. The lowest BCUT2D eigenvalue weighted by Gasteiger charge is -2.19. The van der Waals surface area contributed by atoms with Crippen LogP contribution in [-0.2, 0) is 4.74 Å². The molecule has 0 unspecified atom stereocenters. The lowest BCUT2D eigenvalue weighted by Crippen LogP contribution is -2.34. The van der Waals surface area contributed by atoms with Crippen LogP contribution >= 0.6 is 0 Å². The lowest BCUT2D eigenvalue weighted by atomic mass is 10.1. The minimum absolute atomic E-state index is 0.288. The van der Waals surface area contributed by atoms with Crippen molar-refractivity contribution in [3.05, 3.63) is 54.4 Å². The number of alkyl carbamates (subject to hydrolysis) is 1. The Morgan fingerprint density at radius 3 is 2.42 bits per heavy atom. The van der Waals surface area contributed by atoms with Gasteiger partial charge in [-0.25, -0.2) is 14.5 Å². The zero-order chi connectivity index (χ0) is 24.0. The van der Waals surface area contributed by atoms with E-state index in [9.17, 15) is 4.79 Å². The van der Waals surface area contributed by atoms with Crippen molar-refractivity contribution in [3.63, 3.8) is 0 Å². The molecule has 0 saturated heterocycles. The first-order valence-corrected chi connectivity index (χ1v) is 11.0. The summed E-state index contributed by atoms with van der Waals surface area (Å²) in [4.78, 5) is 16.0. The van der Waals surface area contributed by atoms with Crippen molar-refractivity contribution in [2.75, 3.05) is 20.3 Å². The summed E-state index contributed by atoms with van der Waals surface area (Å²) in [6.07, 6.45) is 1.29. The number of amides is 1. The highest BCUT2D eigenvalue weighted by atomic mass is 16.6. The Hall–Kier alpha value is -3.55. The van der Waals surface area contributed by atoms with Crippen molar-refractivity contribution in [3.8, 4) is 28.6 Å². The number of hydrogen-bond acceptors (Lipinski definition) is 6. The molecule has 0 radical (unpaired) electrons. The van der Waals surface area contributed by atoms with Gasteiger partial charge in [0, 0.05) is 11.6 Å². The maximum absolute atomic E-state index is 11.7. The van der Waals surface area contributed by atoms with E-state index >= 15 is 0 Å². The Balaban J connectivity index is 1.69. The minimum atomic E-state index is -0.523. The molecule has 3 aromatic rings. The Morgan fingerprint density at radius 1 is 1.12 bits per heavy atom. The van der Waals surface area contributed by atoms with Gasteiger partial charge >= 0.3 is 6.09 Å². The molecule has 0 spiro atoms. The summed E-state index contributed by atoms with van der Waals surface area (Å²) in [5.74, 6) is 1.56. The normalized spacial score (nSPS) is 11.4. The highest BCUT2D eigenvalue weighted by Gasteiger charge is 2.16. The van der Waals surface area contributed by atoms with Crippen LogP contribution in [0.3, 0.4) is 0 Å². The van der Waals surface area contributed by atoms with E-state index in [1.807, 2.05) is 61.9 Å². The van der Waals surface area contributed by atoms with Gasteiger partial charge in [-0.1, -0.05) is 13.8 Å². The fourth-order valence-electron chi connectivity index (χ4n) is 3.06. The number of rotatable bonds is 8. The van der Waals surface area contributed by atoms with Crippen molar-refractivity contribution in [1.82, 2.24) is 20.1 Å². The highest BCUT2D eigenvalue weighted by molar-refractivity contribution is 5.67. The molecule has 1 amide bonds. The number of nitrogens with one attached hydrogen (secondary N) is 1. The first kappa shape index (κ1) is 24.1. The molecule has 0 fully saturated rings. The first-order valence-electron chi connectivity index (χ1n) is 11.0. The van der Waals surface area contributed by atoms with Crippen molar-refractivity contribution in [1.29, 1.82) is 0 Å². The summed E-state index contributed by atoms with van der Waals surface area (Å²) in [7, 11) is 1.59. The quantitative estimate of drug-likeness (QED) is 0.486. The van der Waals surface area contributed by atoms with Crippen LogP contribution in [0.2, 0.25) is 0 Å². The van der Waals surface area contributed by atoms with E-state index in [2.05, 4.69) is 30.2 Å². The summed E-state index contributed by atoms with van der Waals surface area (Å²) in [5.41, 5.74) is 3.29. The van der Waals surface area contributed by atoms with E-state index < -0.39 is 11.7 Å². The van der Waals surface area contributed by atoms with Gasteiger partial charge in [0.1, 0.15) is 18.0 Å². The number of aromatic nitrogens is 3. The zero-order valence-corrected chi connectivity index (χ0v) is 20.1. The van der Waals surface area contributed by atoms with Gasteiger partial charge in [0.15, 0.2) is 0 Å². The molecule has 0 aliphatic heterocycles. The molecule has 1 aromatic carbocycles. The molecule has 0 aliphatic carbocycles. The number of carbonyl (C=O) groups excluding carboxylic acids is 1. The average molecular weight is 453 g/mol. The topological polar surface area (TPSA) is 87.5 Å². The fourth-order valence-corrected chi connectivity index (χ4v) is 3.06. The number of carbonyl (C=O) groups is 1. The minimum Gasteiger partial charge on any atom is -0.492 e. The second-order valence-corrected chi connectivity index (χ2v) is 8.88. The molecular weight excluding hydrogens is 420 g/mol. The third kappa shape index (κ3) is 6.71. The van der Waals surface area contributed by atoms with E-state index in [1.54, 1.807) is 13.3 Å². The van der Waals surface area contributed by atoms with Crippen LogP contribution in [0, 0.1) is 0 Å². The Bertz CT molecular complexity index is 1050. The summed E-state index contributed by atoms with van der Waals surface area (Å²) < 4.78 is 18.0. The van der Waals surface area contributed by atoms with Gasteiger partial charge in [0.2, 0.25) is 5.88 Å². The third-order valence-electron chi connectivity index (χ3n) is 4.68. The molecular formula is C25H32N4O4. The maximum atomic E-state index is 11.7. The van der Waals surface area contributed by atoms with Crippen LogP contribution in [0.4, 0.5) is 4.79 Å². The van der Waals surface area contributed by atoms with Crippen molar-refractivity contribution in [2.24, 2.45) is 0 Å². The molecule has 176 valence electrons. The SMILES string of the molecule is COc1ccc(-n2nc(C(C)C)cc2-c2ccc(OCCNC(=O)OC(C)(C)C)cc2)cn1. The van der Waals surface area contributed by atoms with E-state index in [0.29, 0.717) is 24.8 Å². The number of benzene rings is 1. The zero-order valence-electron chi connectivity index (χ0n) is 20.1. The summed E-state index contributed by atoms with van der Waals surface area (Å²) >= 11 is 0. The van der Waals surface area contributed by atoms with Gasteiger partial charge in [-0.2, -0.15) is 5.10 Å². The van der Waals surface area contributed by atoms with E-state index in [-0.39, 0.29) is 5.92 Å². The van der Waals surface area contributed by atoms with Crippen LogP contribution in [-0.4, -0.2) is 46.7 Å². The van der Waals surface area contributed by atoms with Gasteiger partial charge < -0.3 is 19.5 Å². The molecule has 8 heteroatoms. The van der Waals surface area contributed by atoms with Crippen molar-refractivity contribution in [2.45, 2.75) is 46.1 Å². The van der Waals surface area contributed by atoms with Crippen LogP contribution < -0.4 is 14.8 Å². The number of methoxy groups -OCH3 is 1.